The first kappa shape index (κ1) is 12.7. The van der Waals surface area contributed by atoms with Crippen molar-refractivity contribution in [1.29, 1.82) is 0 Å². The average molecular weight is 221 g/mol. The molecule has 0 aromatic heterocycles. The van der Waals surface area contributed by atoms with Crippen LogP contribution in [0.3, 0.4) is 0 Å². The third-order valence-corrected chi connectivity index (χ3v) is 2.94. The van der Waals surface area contributed by atoms with E-state index in [0.717, 1.165) is 18.4 Å². The Morgan fingerprint density at radius 2 is 1.94 bits per heavy atom. The molecule has 0 aliphatic rings. The number of para-hydroxylation sites is 1. The Labute approximate surface area is 96.6 Å². The first-order chi connectivity index (χ1) is 7.57. The Bertz CT molecular complexity index is 361. The van der Waals surface area contributed by atoms with Gasteiger partial charge in [-0.3, -0.25) is 10.1 Å². The Balaban J connectivity index is 3.12. The van der Waals surface area contributed by atoms with Crippen LogP contribution in [0.15, 0.2) is 24.3 Å². The molecule has 0 aliphatic heterocycles. The summed E-state index contributed by atoms with van der Waals surface area (Å²) in [6, 6.07) is 7.09. The molecule has 0 spiro atoms. The van der Waals surface area contributed by atoms with Gasteiger partial charge in [0.05, 0.1) is 4.92 Å². The first-order valence-corrected chi connectivity index (χ1v) is 5.81. The maximum absolute atomic E-state index is 11.0. The maximum atomic E-state index is 11.0. The van der Waals surface area contributed by atoms with E-state index in [0.29, 0.717) is 5.92 Å². The van der Waals surface area contributed by atoms with Gasteiger partial charge in [0.15, 0.2) is 0 Å². The SMILES string of the molecule is CCCC(c1ccccc1[N+](=O)[O-])C(C)C. The van der Waals surface area contributed by atoms with Gasteiger partial charge in [-0.05, 0) is 18.3 Å². The van der Waals surface area contributed by atoms with Gasteiger partial charge in [-0.2, -0.15) is 0 Å². The number of benzene rings is 1. The lowest BCUT2D eigenvalue weighted by Gasteiger charge is -2.20. The molecule has 0 amide bonds. The Morgan fingerprint density at radius 1 is 1.31 bits per heavy atom. The van der Waals surface area contributed by atoms with Crippen LogP contribution in [0.5, 0.6) is 0 Å². The van der Waals surface area contributed by atoms with Crippen molar-refractivity contribution in [3.8, 4) is 0 Å². The molecule has 0 heterocycles. The van der Waals surface area contributed by atoms with Gasteiger partial charge in [0, 0.05) is 11.6 Å². The van der Waals surface area contributed by atoms with Gasteiger partial charge in [-0.1, -0.05) is 45.4 Å². The second-order valence-electron chi connectivity index (χ2n) is 4.46. The molecule has 1 atom stereocenters. The van der Waals surface area contributed by atoms with E-state index < -0.39 is 0 Å². The predicted molar refractivity (Wildman–Crippen MR) is 65.6 cm³/mol. The monoisotopic (exact) mass is 221 g/mol. The van der Waals surface area contributed by atoms with Crippen LogP contribution in [-0.4, -0.2) is 4.92 Å². The fraction of sp³-hybridized carbons (Fsp3) is 0.538. The fourth-order valence-corrected chi connectivity index (χ4v) is 2.13. The number of nitro benzene ring substituents is 1. The van der Waals surface area contributed by atoms with Crippen LogP contribution >= 0.6 is 0 Å². The summed E-state index contributed by atoms with van der Waals surface area (Å²) in [5.41, 5.74) is 1.14. The molecule has 0 saturated carbocycles. The lowest BCUT2D eigenvalue weighted by Crippen LogP contribution is -2.09. The molecule has 0 N–H and O–H groups in total. The zero-order valence-corrected chi connectivity index (χ0v) is 10.1. The molecule has 0 radical (unpaired) electrons. The zero-order chi connectivity index (χ0) is 12.1. The van der Waals surface area contributed by atoms with E-state index >= 15 is 0 Å². The summed E-state index contributed by atoms with van der Waals surface area (Å²) in [6.07, 6.45) is 2.05. The molecule has 1 unspecified atom stereocenters. The highest BCUT2D eigenvalue weighted by molar-refractivity contribution is 5.42. The molecule has 1 aromatic carbocycles. The van der Waals surface area contributed by atoms with Crippen LogP contribution in [0.25, 0.3) is 0 Å². The summed E-state index contributed by atoms with van der Waals surface area (Å²) in [7, 11) is 0. The lowest BCUT2D eigenvalue weighted by atomic mass is 9.84. The van der Waals surface area contributed by atoms with Crippen LogP contribution in [0.2, 0.25) is 0 Å². The molecule has 88 valence electrons. The Kier molecular flexibility index (Phi) is 4.47. The summed E-state index contributed by atoms with van der Waals surface area (Å²) in [5.74, 6) is 0.715. The van der Waals surface area contributed by atoms with Gasteiger partial charge in [-0.25, -0.2) is 0 Å². The minimum Gasteiger partial charge on any atom is -0.258 e. The van der Waals surface area contributed by atoms with E-state index in [9.17, 15) is 10.1 Å². The van der Waals surface area contributed by atoms with Crippen LogP contribution in [0.4, 0.5) is 5.69 Å². The van der Waals surface area contributed by atoms with Crippen molar-refractivity contribution in [2.75, 3.05) is 0 Å². The van der Waals surface area contributed by atoms with Crippen LogP contribution in [0, 0.1) is 16.0 Å². The smallest absolute Gasteiger partial charge is 0.258 e. The van der Waals surface area contributed by atoms with Gasteiger partial charge in [-0.15, -0.1) is 0 Å². The highest BCUT2D eigenvalue weighted by atomic mass is 16.6. The van der Waals surface area contributed by atoms with E-state index in [1.807, 2.05) is 12.1 Å². The molecule has 0 fully saturated rings. The highest BCUT2D eigenvalue weighted by Gasteiger charge is 2.23. The number of hydrogen-bond donors (Lipinski definition) is 0. The molecule has 0 aliphatic carbocycles. The zero-order valence-electron chi connectivity index (χ0n) is 10.1. The van der Waals surface area contributed by atoms with Crippen LogP contribution < -0.4 is 0 Å². The molecule has 1 aromatic rings. The van der Waals surface area contributed by atoms with E-state index in [4.69, 9.17) is 0 Å². The maximum Gasteiger partial charge on any atom is 0.272 e. The third kappa shape index (κ3) is 2.81. The predicted octanol–water partition coefficient (Wildman–Crippen LogP) is 4.13. The van der Waals surface area contributed by atoms with Crippen molar-refractivity contribution in [3.05, 3.63) is 39.9 Å². The van der Waals surface area contributed by atoms with Crippen molar-refractivity contribution in [3.63, 3.8) is 0 Å². The van der Waals surface area contributed by atoms with Crippen LogP contribution in [-0.2, 0) is 0 Å². The fourth-order valence-electron chi connectivity index (χ4n) is 2.13. The van der Waals surface area contributed by atoms with Crippen molar-refractivity contribution in [2.45, 2.75) is 39.5 Å². The van der Waals surface area contributed by atoms with Crippen molar-refractivity contribution >= 4 is 5.69 Å². The molecule has 0 saturated heterocycles. The Hall–Kier alpha value is -1.38. The molecule has 1 rings (SSSR count). The number of hydrogen-bond acceptors (Lipinski definition) is 2. The quantitative estimate of drug-likeness (QED) is 0.554. The summed E-state index contributed by atoms with van der Waals surface area (Å²) in [6.45, 7) is 6.36. The summed E-state index contributed by atoms with van der Waals surface area (Å²) in [5, 5.41) is 11.0. The summed E-state index contributed by atoms with van der Waals surface area (Å²) < 4.78 is 0. The molecule has 0 bridgehead atoms. The minimum absolute atomic E-state index is 0.259. The van der Waals surface area contributed by atoms with Gasteiger partial charge in [0.25, 0.3) is 5.69 Å². The number of nitro groups is 1. The standard InChI is InChI=1S/C13H19NO2/c1-4-7-11(10(2)3)12-8-5-6-9-13(12)14(15)16/h5-6,8-11H,4,7H2,1-3H3. The molecule has 3 nitrogen and oxygen atoms in total. The molecule has 3 heteroatoms. The van der Waals surface area contributed by atoms with Crippen LogP contribution in [0.1, 0.15) is 45.1 Å². The largest absolute Gasteiger partial charge is 0.272 e. The van der Waals surface area contributed by atoms with E-state index in [2.05, 4.69) is 20.8 Å². The van der Waals surface area contributed by atoms with Crippen molar-refractivity contribution < 1.29 is 4.92 Å². The lowest BCUT2D eigenvalue weighted by molar-refractivity contribution is -0.385. The first-order valence-electron chi connectivity index (χ1n) is 5.81. The normalized spacial score (nSPS) is 12.8. The summed E-state index contributed by atoms with van der Waals surface area (Å²) >= 11 is 0. The third-order valence-electron chi connectivity index (χ3n) is 2.94. The molecular weight excluding hydrogens is 202 g/mol. The van der Waals surface area contributed by atoms with E-state index in [1.54, 1.807) is 12.1 Å². The van der Waals surface area contributed by atoms with Crippen molar-refractivity contribution in [1.82, 2.24) is 0 Å². The molecule has 16 heavy (non-hydrogen) atoms. The van der Waals surface area contributed by atoms with Gasteiger partial charge >= 0.3 is 0 Å². The number of nitrogens with zero attached hydrogens (tertiary/aromatic N) is 1. The Morgan fingerprint density at radius 3 is 2.44 bits per heavy atom. The minimum atomic E-state index is -0.277. The van der Waals surface area contributed by atoms with E-state index in [1.165, 1.54) is 0 Å². The average Bonchev–Trinajstić information content (AvgIpc) is 2.25. The number of rotatable bonds is 5. The topological polar surface area (TPSA) is 43.1 Å². The van der Waals surface area contributed by atoms with Gasteiger partial charge in [0.2, 0.25) is 0 Å². The summed E-state index contributed by atoms with van der Waals surface area (Å²) in [4.78, 5) is 10.7. The van der Waals surface area contributed by atoms with Gasteiger partial charge in [0.1, 0.15) is 0 Å². The van der Waals surface area contributed by atoms with Crippen molar-refractivity contribution in [2.24, 2.45) is 5.92 Å². The van der Waals surface area contributed by atoms with E-state index in [-0.39, 0.29) is 16.5 Å². The second kappa shape index (κ2) is 5.64. The van der Waals surface area contributed by atoms with Gasteiger partial charge < -0.3 is 0 Å². The second-order valence-corrected chi connectivity index (χ2v) is 4.46. The molecular formula is C13H19NO2. The highest BCUT2D eigenvalue weighted by Crippen LogP contribution is 2.34.